The molecule has 0 atom stereocenters. The fourth-order valence-electron chi connectivity index (χ4n) is 2.89. The van der Waals surface area contributed by atoms with Gasteiger partial charge in [0.15, 0.2) is 0 Å². The summed E-state index contributed by atoms with van der Waals surface area (Å²) in [5.74, 6) is -0.988. The van der Waals surface area contributed by atoms with Gasteiger partial charge in [0.05, 0.1) is 19.8 Å². The van der Waals surface area contributed by atoms with Crippen LogP contribution in [0.2, 0.25) is 0 Å². The lowest BCUT2D eigenvalue weighted by atomic mass is 10.1. The van der Waals surface area contributed by atoms with Crippen molar-refractivity contribution in [3.8, 4) is 11.5 Å². The van der Waals surface area contributed by atoms with Crippen LogP contribution < -0.4 is 20.1 Å². The largest absolute Gasteiger partial charge is 0.497 e. The molecule has 0 heterocycles. The molecule has 0 aromatic heterocycles. The first-order chi connectivity index (χ1) is 15.9. The second kappa shape index (κ2) is 10.6. The molecule has 3 aromatic carbocycles. The number of carbonyl (C=O) groups excluding carboxylic acids is 2. The van der Waals surface area contributed by atoms with Gasteiger partial charge in [-0.3, -0.25) is 9.59 Å². The molecule has 33 heavy (non-hydrogen) atoms. The van der Waals surface area contributed by atoms with Crippen molar-refractivity contribution in [2.75, 3.05) is 19.5 Å². The number of carboxylic acids is 1. The lowest BCUT2D eigenvalue weighted by molar-refractivity contribution is -0.113. The van der Waals surface area contributed by atoms with Crippen LogP contribution in [-0.4, -0.2) is 37.1 Å². The molecule has 8 nitrogen and oxygen atoms in total. The van der Waals surface area contributed by atoms with Crippen molar-refractivity contribution >= 4 is 29.5 Å². The van der Waals surface area contributed by atoms with Crippen molar-refractivity contribution in [3.05, 3.63) is 95.2 Å². The van der Waals surface area contributed by atoms with E-state index in [4.69, 9.17) is 9.47 Å². The van der Waals surface area contributed by atoms with Gasteiger partial charge in [0.2, 0.25) is 0 Å². The number of hydrogen-bond acceptors (Lipinski definition) is 5. The highest BCUT2D eigenvalue weighted by Crippen LogP contribution is 2.17. The minimum Gasteiger partial charge on any atom is -0.497 e. The van der Waals surface area contributed by atoms with E-state index in [1.807, 2.05) is 0 Å². The van der Waals surface area contributed by atoms with E-state index in [0.29, 0.717) is 22.6 Å². The first kappa shape index (κ1) is 23.1. The topological polar surface area (TPSA) is 114 Å². The molecule has 0 aliphatic rings. The number of ether oxygens (including phenoxy) is 2. The quantitative estimate of drug-likeness (QED) is 0.454. The van der Waals surface area contributed by atoms with E-state index in [0.717, 1.165) is 0 Å². The molecule has 3 rings (SSSR count). The Morgan fingerprint density at radius 2 is 1.42 bits per heavy atom. The zero-order valence-electron chi connectivity index (χ0n) is 18.0. The Balaban J connectivity index is 1.88. The molecular weight excluding hydrogens is 424 g/mol. The number of hydrogen-bond donors (Lipinski definition) is 3. The monoisotopic (exact) mass is 446 g/mol. The van der Waals surface area contributed by atoms with Gasteiger partial charge < -0.3 is 25.2 Å². The van der Waals surface area contributed by atoms with Crippen LogP contribution in [-0.2, 0) is 4.79 Å². The lowest BCUT2D eigenvalue weighted by Crippen LogP contribution is -2.30. The summed E-state index contributed by atoms with van der Waals surface area (Å²) in [5.41, 5.74) is 1.25. The van der Waals surface area contributed by atoms with E-state index >= 15 is 0 Å². The summed E-state index contributed by atoms with van der Waals surface area (Å²) in [7, 11) is 3.07. The molecule has 2 amide bonds. The number of anilines is 1. The van der Waals surface area contributed by atoms with E-state index in [1.54, 1.807) is 61.7 Å². The first-order valence-electron chi connectivity index (χ1n) is 9.85. The Labute approximate surface area is 190 Å². The number of methoxy groups -OCH3 is 2. The van der Waals surface area contributed by atoms with Crippen LogP contribution in [0.4, 0.5) is 5.69 Å². The average Bonchev–Trinajstić information content (AvgIpc) is 2.84. The molecule has 0 saturated carbocycles. The summed E-state index contributed by atoms with van der Waals surface area (Å²) in [6, 6.07) is 19.2. The third-order valence-corrected chi connectivity index (χ3v) is 4.64. The number of nitrogens with one attached hydrogen (secondary N) is 2. The molecule has 8 heteroatoms. The predicted molar refractivity (Wildman–Crippen MR) is 123 cm³/mol. The minimum atomic E-state index is -1.12. The number of benzene rings is 3. The SMILES string of the molecule is COc1ccc(C=C(NC(=O)c2ccc(OC)cc2)C(=O)Nc2cccc(C(=O)O)c2)cc1. The predicted octanol–water partition coefficient (Wildman–Crippen LogP) is 3.81. The first-order valence-corrected chi connectivity index (χ1v) is 9.85. The molecule has 0 fully saturated rings. The molecule has 0 unspecified atom stereocenters. The van der Waals surface area contributed by atoms with Crippen LogP contribution >= 0.6 is 0 Å². The van der Waals surface area contributed by atoms with Crippen molar-refractivity contribution in [2.45, 2.75) is 0 Å². The molecule has 0 aliphatic carbocycles. The summed E-state index contributed by atoms with van der Waals surface area (Å²) in [5, 5.41) is 14.4. The summed E-state index contributed by atoms with van der Waals surface area (Å²) < 4.78 is 10.2. The van der Waals surface area contributed by atoms with Gasteiger partial charge in [0.1, 0.15) is 17.2 Å². The molecule has 0 saturated heterocycles. The number of amides is 2. The minimum absolute atomic E-state index is 0.0238. The van der Waals surface area contributed by atoms with Crippen molar-refractivity contribution in [2.24, 2.45) is 0 Å². The highest BCUT2D eigenvalue weighted by atomic mass is 16.5. The van der Waals surface area contributed by atoms with Crippen molar-refractivity contribution in [3.63, 3.8) is 0 Å². The van der Waals surface area contributed by atoms with E-state index in [2.05, 4.69) is 10.6 Å². The molecular formula is C25H22N2O6. The van der Waals surface area contributed by atoms with E-state index in [-0.39, 0.29) is 16.9 Å². The van der Waals surface area contributed by atoms with Gasteiger partial charge >= 0.3 is 5.97 Å². The van der Waals surface area contributed by atoms with E-state index < -0.39 is 17.8 Å². The van der Waals surface area contributed by atoms with Crippen LogP contribution in [0.3, 0.4) is 0 Å². The van der Waals surface area contributed by atoms with Crippen LogP contribution in [0.1, 0.15) is 26.3 Å². The van der Waals surface area contributed by atoms with Gasteiger partial charge in [-0.1, -0.05) is 18.2 Å². The normalized spacial score (nSPS) is 10.8. The van der Waals surface area contributed by atoms with Crippen molar-refractivity contribution < 1.29 is 29.0 Å². The molecule has 3 aromatic rings. The summed E-state index contributed by atoms with van der Waals surface area (Å²) in [6.45, 7) is 0. The standard InChI is InChI=1S/C25H22N2O6/c1-32-20-10-6-16(7-11-20)14-22(27-23(28)17-8-12-21(33-2)13-9-17)24(29)26-19-5-3-4-18(15-19)25(30)31/h3-15H,1-2H3,(H,26,29)(H,27,28)(H,30,31). The third-order valence-electron chi connectivity index (χ3n) is 4.64. The van der Waals surface area contributed by atoms with Crippen LogP contribution in [0.25, 0.3) is 6.08 Å². The zero-order chi connectivity index (χ0) is 23.8. The Morgan fingerprint density at radius 1 is 0.818 bits per heavy atom. The summed E-state index contributed by atoms with van der Waals surface area (Å²) in [4.78, 5) is 37.0. The van der Waals surface area contributed by atoms with Gasteiger partial charge in [-0.15, -0.1) is 0 Å². The van der Waals surface area contributed by atoms with E-state index in [1.165, 1.54) is 31.4 Å². The molecule has 0 aliphatic heterocycles. The smallest absolute Gasteiger partial charge is 0.335 e. The Hall–Kier alpha value is -4.59. The Kier molecular flexibility index (Phi) is 7.43. The number of carbonyl (C=O) groups is 3. The lowest BCUT2D eigenvalue weighted by Gasteiger charge is -2.12. The molecule has 0 bridgehead atoms. The Morgan fingerprint density at radius 3 is 2.00 bits per heavy atom. The summed E-state index contributed by atoms with van der Waals surface area (Å²) >= 11 is 0. The third kappa shape index (κ3) is 6.20. The maximum absolute atomic E-state index is 13.0. The second-order valence-corrected chi connectivity index (χ2v) is 6.85. The van der Waals surface area contributed by atoms with Crippen molar-refractivity contribution in [1.82, 2.24) is 5.32 Å². The van der Waals surface area contributed by atoms with Crippen LogP contribution in [0.5, 0.6) is 11.5 Å². The van der Waals surface area contributed by atoms with Crippen LogP contribution in [0.15, 0.2) is 78.5 Å². The molecule has 3 N–H and O–H groups in total. The second-order valence-electron chi connectivity index (χ2n) is 6.85. The highest BCUT2D eigenvalue weighted by Gasteiger charge is 2.16. The van der Waals surface area contributed by atoms with E-state index in [9.17, 15) is 19.5 Å². The summed E-state index contributed by atoms with van der Waals surface area (Å²) in [6.07, 6.45) is 1.51. The molecule has 0 radical (unpaired) electrons. The van der Waals surface area contributed by atoms with Gasteiger partial charge in [0, 0.05) is 11.3 Å². The van der Waals surface area contributed by atoms with Gasteiger partial charge in [-0.25, -0.2) is 4.79 Å². The Bertz CT molecular complexity index is 1180. The van der Waals surface area contributed by atoms with Crippen LogP contribution in [0, 0.1) is 0 Å². The zero-order valence-corrected chi connectivity index (χ0v) is 18.0. The number of aromatic carboxylic acids is 1. The van der Waals surface area contributed by atoms with Gasteiger partial charge in [-0.2, -0.15) is 0 Å². The molecule has 168 valence electrons. The number of carboxylic acid groups (broad SMARTS) is 1. The van der Waals surface area contributed by atoms with Gasteiger partial charge in [0.25, 0.3) is 11.8 Å². The highest BCUT2D eigenvalue weighted by molar-refractivity contribution is 6.11. The molecule has 0 spiro atoms. The van der Waals surface area contributed by atoms with Gasteiger partial charge in [-0.05, 0) is 66.2 Å². The van der Waals surface area contributed by atoms with Crippen molar-refractivity contribution in [1.29, 1.82) is 0 Å². The maximum atomic E-state index is 13.0. The number of rotatable bonds is 8. The average molecular weight is 446 g/mol. The maximum Gasteiger partial charge on any atom is 0.335 e. The fraction of sp³-hybridized carbons (Fsp3) is 0.0800. The fourth-order valence-corrected chi connectivity index (χ4v) is 2.89.